The number of hydrogen-bond donors (Lipinski definition) is 2. The highest BCUT2D eigenvalue weighted by molar-refractivity contribution is 7.91. The van der Waals surface area contributed by atoms with Crippen molar-refractivity contribution in [3.05, 3.63) is 108 Å². The SMILES string of the molecule is CC(C)(O)C#Cc1ccc(Oc2ccccc2S(=O)(=O)c2ccc(Oc3cccc(C#CC(C)(C)O)c3)cc2)cc1. The number of aliphatic hydroxyl groups is 2. The van der Waals surface area contributed by atoms with Crippen molar-refractivity contribution in [2.45, 2.75) is 48.7 Å². The molecule has 0 heterocycles. The van der Waals surface area contributed by atoms with E-state index in [1.165, 1.54) is 18.2 Å². The van der Waals surface area contributed by atoms with E-state index < -0.39 is 21.0 Å². The maximum atomic E-state index is 13.5. The second kappa shape index (κ2) is 11.9. The fourth-order valence-corrected chi connectivity index (χ4v) is 4.91. The first-order chi connectivity index (χ1) is 19.3. The Morgan fingerprint density at radius 1 is 0.610 bits per heavy atom. The molecular formula is C34H30O6S. The van der Waals surface area contributed by atoms with E-state index in [1.54, 1.807) is 107 Å². The molecule has 0 aliphatic rings. The minimum Gasteiger partial charge on any atom is -0.457 e. The summed E-state index contributed by atoms with van der Waals surface area (Å²) < 4.78 is 38.9. The number of para-hydroxylation sites is 1. The minimum absolute atomic E-state index is 0.0256. The zero-order valence-electron chi connectivity index (χ0n) is 23.2. The maximum Gasteiger partial charge on any atom is 0.210 e. The van der Waals surface area contributed by atoms with Gasteiger partial charge in [-0.15, -0.1) is 0 Å². The fourth-order valence-electron chi connectivity index (χ4n) is 3.53. The average molecular weight is 567 g/mol. The molecule has 0 spiro atoms. The van der Waals surface area contributed by atoms with E-state index in [-0.39, 0.29) is 15.5 Å². The molecule has 0 fully saturated rings. The maximum absolute atomic E-state index is 13.5. The van der Waals surface area contributed by atoms with Gasteiger partial charge in [0.1, 0.15) is 39.1 Å². The smallest absolute Gasteiger partial charge is 0.210 e. The van der Waals surface area contributed by atoms with Crippen LogP contribution in [0.4, 0.5) is 0 Å². The van der Waals surface area contributed by atoms with Crippen LogP contribution in [0.15, 0.2) is 107 Å². The Morgan fingerprint density at radius 2 is 1.17 bits per heavy atom. The quantitative estimate of drug-likeness (QED) is 0.264. The molecule has 4 aromatic carbocycles. The molecule has 0 saturated heterocycles. The lowest BCUT2D eigenvalue weighted by molar-refractivity contribution is 0.143. The molecule has 0 aliphatic heterocycles. The van der Waals surface area contributed by atoms with Gasteiger partial charge in [-0.1, -0.05) is 41.9 Å². The topological polar surface area (TPSA) is 93.1 Å². The summed E-state index contributed by atoms with van der Waals surface area (Å²) in [6.45, 7) is 6.42. The monoisotopic (exact) mass is 566 g/mol. The van der Waals surface area contributed by atoms with Crippen molar-refractivity contribution in [3.63, 3.8) is 0 Å². The molecule has 208 valence electrons. The molecular weight excluding hydrogens is 536 g/mol. The zero-order valence-corrected chi connectivity index (χ0v) is 24.0. The summed E-state index contributed by atoms with van der Waals surface area (Å²) in [4.78, 5) is 0.112. The third-order valence-corrected chi connectivity index (χ3v) is 7.26. The van der Waals surface area contributed by atoms with Crippen LogP contribution in [-0.4, -0.2) is 29.8 Å². The van der Waals surface area contributed by atoms with E-state index in [0.717, 1.165) is 0 Å². The highest BCUT2D eigenvalue weighted by Gasteiger charge is 2.22. The van der Waals surface area contributed by atoms with Crippen LogP contribution in [0.25, 0.3) is 0 Å². The van der Waals surface area contributed by atoms with Crippen LogP contribution in [0, 0.1) is 23.7 Å². The summed E-state index contributed by atoms with van der Waals surface area (Å²) in [6, 6.07) is 26.5. The van der Waals surface area contributed by atoms with Gasteiger partial charge >= 0.3 is 0 Å². The largest absolute Gasteiger partial charge is 0.457 e. The Bertz CT molecular complexity index is 1750. The lowest BCUT2D eigenvalue weighted by atomic mass is 10.1. The van der Waals surface area contributed by atoms with Gasteiger partial charge in [0.2, 0.25) is 9.84 Å². The van der Waals surface area contributed by atoms with E-state index in [0.29, 0.717) is 28.4 Å². The first-order valence-electron chi connectivity index (χ1n) is 12.8. The Labute approximate surface area is 241 Å². The molecule has 0 radical (unpaired) electrons. The molecule has 0 bridgehead atoms. The highest BCUT2D eigenvalue weighted by Crippen LogP contribution is 2.33. The van der Waals surface area contributed by atoms with Crippen molar-refractivity contribution < 1.29 is 28.1 Å². The van der Waals surface area contributed by atoms with Gasteiger partial charge in [0.25, 0.3) is 0 Å². The normalized spacial score (nSPS) is 11.5. The molecule has 4 aromatic rings. The first kappa shape index (κ1) is 29.5. The van der Waals surface area contributed by atoms with Crippen molar-refractivity contribution in [1.29, 1.82) is 0 Å². The Hall–Kier alpha value is -4.53. The number of rotatable bonds is 6. The summed E-state index contributed by atoms with van der Waals surface area (Å²) in [5.74, 6) is 12.9. The standard InChI is InChI=1S/C34H30O6S/c1-33(2,35)22-20-25-12-14-28(15-13-25)40-31-10-5-6-11-32(31)41(37,38)30-18-16-27(17-19-30)39-29-9-7-8-26(24-29)21-23-34(3,4)36/h5-19,24,35-36H,1-4H3. The number of hydrogen-bond acceptors (Lipinski definition) is 6. The molecule has 6 nitrogen and oxygen atoms in total. The third-order valence-electron chi connectivity index (χ3n) is 5.45. The molecule has 0 amide bonds. The van der Waals surface area contributed by atoms with Crippen LogP contribution in [0.2, 0.25) is 0 Å². The van der Waals surface area contributed by atoms with Gasteiger partial charge in [0.05, 0.1) is 4.90 Å². The predicted molar refractivity (Wildman–Crippen MR) is 158 cm³/mol. The van der Waals surface area contributed by atoms with E-state index >= 15 is 0 Å². The van der Waals surface area contributed by atoms with Crippen LogP contribution in [0.3, 0.4) is 0 Å². The van der Waals surface area contributed by atoms with Crippen LogP contribution >= 0.6 is 0 Å². The fraction of sp³-hybridized carbons (Fsp3) is 0.176. The summed E-state index contributed by atoms with van der Waals surface area (Å²) >= 11 is 0. The molecule has 2 N–H and O–H groups in total. The number of sulfone groups is 1. The van der Waals surface area contributed by atoms with Crippen molar-refractivity contribution in [2.75, 3.05) is 0 Å². The molecule has 0 aliphatic carbocycles. The van der Waals surface area contributed by atoms with E-state index in [2.05, 4.69) is 23.7 Å². The van der Waals surface area contributed by atoms with Crippen molar-refractivity contribution in [2.24, 2.45) is 0 Å². The molecule has 7 heteroatoms. The van der Waals surface area contributed by atoms with Crippen molar-refractivity contribution in [1.82, 2.24) is 0 Å². The van der Waals surface area contributed by atoms with Crippen molar-refractivity contribution in [3.8, 4) is 46.7 Å². The molecule has 0 unspecified atom stereocenters. The molecule has 41 heavy (non-hydrogen) atoms. The lowest BCUT2D eigenvalue weighted by Crippen LogP contribution is -2.14. The van der Waals surface area contributed by atoms with Gasteiger partial charge in [-0.05, 0) is 107 Å². The number of benzene rings is 4. The molecule has 0 aromatic heterocycles. The van der Waals surface area contributed by atoms with Gasteiger partial charge in [-0.2, -0.15) is 0 Å². The summed E-state index contributed by atoms with van der Waals surface area (Å²) in [5.41, 5.74) is -0.848. The first-order valence-corrected chi connectivity index (χ1v) is 14.3. The molecule has 0 saturated carbocycles. The molecule has 4 rings (SSSR count). The Balaban J connectivity index is 1.52. The van der Waals surface area contributed by atoms with Crippen molar-refractivity contribution >= 4 is 9.84 Å². The zero-order chi connectivity index (χ0) is 29.7. The van der Waals surface area contributed by atoms with E-state index in [4.69, 9.17) is 9.47 Å². The van der Waals surface area contributed by atoms with E-state index in [1.807, 2.05) is 0 Å². The van der Waals surface area contributed by atoms with Gasteiger partial charge in [0, 0.05) is 11.1 Å². The number of ether oxygens (including phenoxy) is 2. The van der Waals surface area contributed by atoms with Crippen LogP contribution in [-0.2, 0) is 9.84 Å². The summed E-state index contributed by atoms with van der Waals surface area (Å²) in [7, 11) is -3.91. The van der Waals surface area contributed by atoms with Gasteiger partial charge in [-0.25, -0.2) is 8.42 Å². The predicted octanol–water partition coefficient (Wildman–Crippen LogP) is 6.35. The third kappa shape index (κ3) is 8.48. The Kier molecular flexibility index (Phi) is 8.56. The van der Waals surface area contributed by atoms with E-state index in [9.17, 15) is 18.6 Å². The second-order valence-corrected chi connectivity index (χ2v) is 12.2. The van der Waals surface area contributed by atoms with Gasteiger partial charge in [0.15, 0.2) is 0 Å². The highest BCUT2D eigenvalue weighted by atomic mass is 32.2. The average Bonchev–Trinajstić information content (AvgIpc) is 2.91. The Morgan fingerprint density at radius 3 is 1.80 bits per heavy atom. The minimum atomic E-state index is -3.91. The summed E-state index contributed by atoms with van der Waals surface area (Å²) in [5, 5.41) is 19.6. The summed E-state index contributed by atoms with van der Waals surface area (Å²) in [6.07, 6.45) is 0. The van der Waals surface area contributed by atoms with Crippen LogP contribution in [0.1, 0.15) is 38.8 Å². The van der Waals surface area contributed by atoms with Gasteiger partial charge < -0.3 is 19.7 Å². The molecule has 0 atom stereocenters. The second-order valence-electron chi connectivity index (χ2n) is 10.3. The van der Waals surface area contributed by atoms with Crippen LogP contribution < -0.4 is 9.47 Å². The van der Waals surface area contributed by atoms with Gasteiger partial charge in [-0.3, -0.25) is 0 Å². The van der Waals surface area contributed by atoms with Crippen LogP contribution in [0.5, 0.6) is 23.0 Å². The lowest BCUT2D eigenvalue weighted by Gasteiger charge is -2.13.